The van der Waals surface area contributed by atoms with Gasteiger partial charge in [0.25, 0.3) is 0 Å². The molecule has 1 unspecified atom stereocenters. The van der Waals surface area contributed by atoms with Gasteiger partial charge in [0.15, 0.2) is 0 Å². The van der Waals surface area contributed by atoms with Crippen LogP contribution in [-0.2, 0) is 13.9 Å². The molecular weight excluding hydrogens is 171 g/mol. The van der Waals surface area contributed by atoms with Gasteiger partial charge in [0.2, 0.25) is 13.7 Å². The number of hydrogen-bond donors (Lipinski definition) is 1. The zero-order valence-electron chi connectivity index (χ0n) is 5.89. The first-order valence-corrected chi connectivity index (χ1v) is 4.43. The summed E-state index contributed by atoms with van der Waals surface area (Å²) in [5.74, 6) is -0.606. The van der Waals surface area contributed by atoms with Crippen molar-refractivity contribution in [2.75, 3.05) is 13.7 Å². The number of β-lactam (4-membered cyclic amide) rings is 1. The van der Waals surface area contributed by atoms with Gasteiger partial charge in [-0.1, -0.05) is 0 Å². The van der Waals surface area contributed by atoms with Crippen LogP contribution in [0.3, 0.4) is 0 Å². The Balaban J connectivity index is 2.66. The highest BCUT2D eigenvalue weighted by molar-refractivity contribution is 7.49. The fourth-order valence-corrected chi connectivity index (χ4v) is 1.72. The van der Waals surface area contributed by atoms with Gasteiger partial charge < -0.3 is 15.2 Å². The summed E-state index contributed by atoms with van der Waals surface area (Å²) in [5, 5.41) is 0. The molecule has 1 amide bonds. The number of nitrogens with two attached hydrogens (primary N) is 1. The van der Waals surface area contributed by atoms with Crippen LogP contribution in [0, 0.1) is 0 Å². The first-order chi connectivity index (χ1) is 4.99. The Morgan fingerprint density at radius 3 is 2.73 bits per heavy atom. The monoisotopic (exact) mass is 179 g/mol. The molecule has 1 saturated heterocycles. The molecule has 0 spiro atoms. The minimum absolute atomic E-state index is 0.0213. The average Bonchev–Trinajstić information content (AvgIpc) is 1.99. The van der Waals surface area contributed by atoms with Crippen molar-refractivity contribution in [3.63, 3.8) is 0 Å². The summed E-state index contributed by atoms with van der Waals surface area (Å²) in [6.45, 7) is 0.0213. The lowest BCUT2D eigenvalue weighted by Crippen LogP contribution is -2.60. The summed E-state index contributed by atoms with van der Waals surface area (Å²) in [6, 6.07) is -0.688. The van der Waals surface area contributed by atoms with Crippen LogP contribution < -0.4 is 10.6 Å². The third-order valence-electron chi connectivity index (χ3n) is 1.47. The van der Waals surface area contributed by atoms with Crippen LogP contribution in [0.15, 0.2) is 0 Å². The molecule has 7 heteroatoms. The third kappa shape index (κ3) is 1.30. The minimum Gasteiger partial charge on any atom is -0.761 e. The molecule has 0 saturated carbocycles. The molecule has 1 heterocycles. The minimum atomic E-state index is -4.12. The van der Waals surface area contributed by atoms with Gasteiger partial charge in [-0.3, -0.25) is 14.0 Å². The Morgan fingerprint density at radius 2 is 2.45 bits per heavy atom. The van der Waals surface area contributed by atoms with E-state index in [1.54, 1.807) is 0 Å². The summed E-state index contributed by atoms with van der Waals surface area (Å²) in [6.07, 6.45) is 0. The van der Waals surface area contributed by atoms with E-state index in [0.717, 1.165) is 7.11 Å². The lowest BCUT2D eigenvalue weighted by Gasteiger charge is -2.43. The zero-order valence-corrected chi connectivity index (χ0v) is 6.78. The van der Waals surface area contributed by atoms with E-state index in [2.05, 4.69) is 4.52 Å². The number of carbonyl (C=O) groups is 1. The molecule has 1 fully saturated rings. The number of carbonyl (C=O) groups excluding carboxylic acids is 1. The van der Waals surface area contributed by atoms with Crippen LogP contribution >= 0.6 is 7.75 Å². The molecule has 1 aliphatic heterocycles. The van der Waals surface area contributed by atoms with Gasteiger partial charge in [-0.15, -0.1) is 0 Å². The Hall–Kier alpha value is -0.420. The Kier molecular flexibility index (Phi) is 2.02. The van der Waals surface area contributed by atoms with Crippen molar-refractivity contribution >= 4 is 13.7 Å². The van der Waals surface area contributed by atoms with Gasteiger partial charge in [0.1, 0.15) is 6.04 Å². The Labute approximate surface area is 63.5 Å². The van der Waals surface area contributed by atoms with E-state index in [0.29, 0.717) is 4.67 Å². The van der Waals surface area contributed by atoms with E-state index in [1.165, 1.54) is 0 Å². The molecule has 0 aromatic carbocycles. The standard InChI is InChI=1S/C4H9N2O4P/c1-10-11(8,9)6-2-3(5)4(6)7/h3H,2,5H2,1H3,(H,8,9)/p-1/t3-/m0/s1. The Bertz CT molecular complexity index is 230. The van der Waals surface area contributed by atoms with Crippen LogP contribution in [0.4, 0.5) is 0 Å². The second-order valence-corrected chi connectivity index (χ2v) is 3.96. The second-order valence-electron chi connectivity index (χ2n) is 2.18. The quantitative estimate of drug-likeness (QED) is 0.401. The summed E-state index contributed by atoms with van der Waals surface area (Å²) in [4.78, 5) is 21.5. The van der Waals surface area contributed by atoms with Gasteiger partial charge >= 0.3 is 0 Å². The Morgan fingerprint density at radius 1 is 1.91 bits per heavy atom. The molecule has 64 valence electrons. The highest BCUT2D eigenvalue weighted by atomic mass is 31.2. The molecule has 0 bridgehead atoms. The van der Waals surface area contributed by atoms with Crippen molar-refractivity contribution in [1.82, 2.24) is 4.67 Å². The molecule has 2 N–H and O–H groups in total. The molecule has 6 nitrogen and oxygen atoms in total. The largest absolute Gasteiger partial charge is 0.761 e. The van der Waals surface area contributed by atoms with Gasteiger partial charge in [0, 0.05) is 7.11 Å². The van der Waals surface area contributed by atoms with Crippen LogP contribution in [0.2, 0.25) is 0 Å². The number of amides is 1. The van der Waals surface area contributed by atoms with Crippen LogP contribution in [-0.4, -0.2) is 30.3 Å². The highest BCUT2D eigenvalue weighted by Gasteiger charge is 2.39. The van der Waals surface area contributed by atoms with E-state index in [9.17, 15) is 14.3 Å². The van der Waals surface area contributed by atoms with Crippen molar-refractivity contribution in [3.05, 3.63) is 0 Å². The predicted octanol–water partition coefficient (Wildman–Crippen LogP) is -1.73. The molecule has 0 aromatic heterocycles. The molecule has 1 aliphatic rings. The lowest BCUT2D eigenvalue weighted by atomic mass is 10.2. The average molecular weight is 179 g/mol. The lowest BCUT2D eigenvalue weighted by molar-refractivity contribution is -0.214. The summed E-state index contributed by atoms with van der Waals surface area (Å²) in [5.41, 5.74) is 5.16. The van der Waals surface area contributed by atoms with Crippen LogP contribution in [0.5, 0.6) is 0 Å². The molecule has 11 heavy (non-hydrogen) atoms. The van der Waals surface area contributed by atoms with E-state index in [4.69, 9.17) is 5.73 Å². The number of hydrogen-bond acceptors (Lipinski definition) is 5. The molecule has 2 atom stereocenters. The highest BCUT2D eigenvalue weighted by Crippen LogP contribution is 2.44. The van der Waals surface area contributed by atoms with E-state index in [1.807, 2.05) is 0 Å². The molecule has 0 aromatic rings. The maximum absolute atomic E-state index is 10.8. The van der Waals surface area contributed by atoms with Crippen molar-refractivity contribution in [3.8, 4) is 0 Å². The van der Waals surface area contributed by atoms with Gasteiger partial charge in [-0.2, -0.15) is 0 Å². The molecule has 1 rings (SSSR count). The van der Waals surface area contributed by atoms with Gasteiger partial charge in [0.05, 0.1) is 6.54 Å². The van der Waals surface area contributed by atoms with E-state index in [-0.39, 0.29) is 6.54 Å². The predicted molar refractivity (Wildman–Crippen MR) is 34.3 cm³/mol. The maximum atomic E-state index is 10.8. The van der Waals surface area contributed by atoms with Crippen molar-refractivity contribution in [2.45, 2.75) is 6.04 Å². The first kappa shape index (κ1) is 8.67. The van der Waals surface area contributed by atoms with Crippen molar-refractivity contribution < 1.29 is 18.8 Å². The van der Waals surface area contributed by atoms with E-state index >= 15 is 0 Å². The van der Waals surface area contributed by atoms with Gasteiger partial charge in [-0.25, -0.2) is 0 Å². The SMILES string of the molecule is COP(=O)([O-])N1C[C@H](N)C1=O. The van der Waals surface area contributed by atoms with Crippen LogP contribution in [0.25, 0.3) is 0 Å². The topological polar surface area (TPSA) is 95.7 Å². The first-order valence-electron chi connectivity index (χ1n) is 2.93. The summed E-state index contributed by atoms with van der Waals surface area (Å²) >= 11 is 0. The maximum Gasteiger partial charge on any atom is 0.247 e. The van der Waals surface area contributed by atoms with E-state index < -0.39 is 19.7 Å². The molecule has 0 aliphatic carbocycles. The normalized spacial score (nSPS) is 29.5. The summed E-state index contributed by atoms with van der Waals surface area (Å²) in [7, 11) is -3.11. The number of nitrogens with zero attached hydrogens (tertiary/aromatic N) is 1. The fraction of sp³-hybridized carbons (Fsp3) is 0.750. The van der Waals surface area contributed by atoms with Crippen LogP contribution in [0.1, 0.15) is 0 Å². The van der Waals surface area contributed by atoms with Crippen molar-refractivity contribution in [1.29, 1.82) is 0 Å². The molecular formula is C4H8N2O4P-. The fourth-order valence-electron chi connectivity index (χ4n) is 0.753. The van der Waals surface area contributed by atoms with Crippen molar-refractivity contribution in [2.24, 2.45) is 5.73 Å². The summed E-state index contributed by atoms with van der Waals surface area (Å²) < 4.78 is 15.5. The second kappa shape index (κ2) is 2.57. The smallest absolute Gasteiger partial charge is 0.247 e. The van der Waals surface area contributed by atoms with Gasteiger partial charge in [-0.05, 0) is 0 Å². The number of rotatable bonds is 2. The molecule has 0 radical (unpaired) electrons. The third-order valence-corrected chi connectivity index (χ3v) is 2.88. The zero-order chi connectivity index (χ0) is 8.65.